The van der Waals surface area contributed by atoms with E-state index in [1.54, 1.807) is 12.1 Å². The summed E-state index contributed by atoms with van der Waals surface area (Å²) in [6.07, 6.45) is 1.86. The van der Waals surface area contributed by atoms with Crippen molar-refractivity contribution in [3.63, 3.8) is 0 Å². The Morgan fingerprint density at radius 1 is 1.38 bits per heavy atom. The number of rotatable bonds is 3. The minimum Gasteiger partial charge on any atom is -0.490 e. The summed E-state index contributed by atoms with van der Waals surface area (Å²) in [6, 6.07) is 4.84. The maximum Gasteiger partial charge on any atom is 0.131 e. The molecule has 0 unspecified atom stereocenters. The SMILES string of the molecule is NCc1ccc(OC2CCOCC2)cc1F. The lowest BCUT2D eigenvalue weighted by atomic mass is 10.1. The van der Waals surface area contributed by atoms with Gasteiger partial charge in [0.05, 0.1) is 13.2 Å². The summed E-state index contributed by atoms with van der Waals surface area (Å²) in [5.74, 6) is 0.272. The van der Waals surface area contributed by atoms with E-state index in [0.29, 0.717) is 24.5 Å². The first-order valence-corrected chi connectivity index (χ1v) is 5.52. The van der Waals surface area contributed by atoms with Crippen molar-refractivity contribution < 1.29 is 13.9 Å². The first-order valence-electron chi connectivity index (χ1n) is 5.52. The van der Waals surface area contributed by atoms with E-state index in [2.05, 4.69) is 0 Å². The molecule has 1 aromatic carbocycles. The molecule has 0 aliphatic carbocycles. The fourth-order valence-electron chi connectivity index (χ4n) is 1.75. The molecular formula is C12H16FNO2. The highest BCUT2D eigenvalue weighted by Crippen LogP contribution is 2.20. The van der Waals surface area contributed by atoms with Gasteiger partial charge in [0.1, 0.15) is 17.7 Å². The summed E-state index contributed by atoms with van der Waals surface area (Å²) < 4.78 is 24.3. The second-order valence-electron chi connectivity index (χ2n) is 3.89. The van der Waals surface area contributed by atoms with Crippen LogP contribution in [0, 0.1) is 5.82 Å². The van der Waals surface area contributed by atoms with Gasteiger partial charge in [0, 0.05) is 31.0 Å². The van der Waals surface area contributed by atoms with Crippen LogP contribution in [0.25, 0.3) is 0 Å². The molecular weight excluding hydrogens is 209 g/mol. The summed E-state index contributed by atoms with van der Waals surface area (Å²) in [6.45, 7) is 1.64. The van der Waals surface area contributed by atoms with Gasteiger partial charge in [-0.2, -0.15) is 0 Å². The van der Waals surface area contributed by atoms with Crippen LogP contribution in [0.5, 0.6) is 5.75 Å². The van der Waals surface area contributed by atoms with Gasteiger partial charge < -0.3 is 15.2 Å². The normalized spacial score (nSPS) is 17.4. The average Bonchev–Trinajstić information content (AvgIpc) is 2.31. The summed E-state index contributed by atoms with van der Waals surface area (Å²) in [7, 11) is 0. The van der Waals surface area contributed by atoms with Crippen molar-refractivity contribution in [2.45, 2.75) is 25.5 Å². The highest BCUT2D eigenvalue weighted by atomic mass is 19.1. The van der Waals surface area contributed by atoms with Crippen LogP contribution in [0.4, 0.5) is 4.39 Å². The van der Waals surface area contributed by atoms with E-state index >= 15 is 0 Å². The zero-order valence-corrected chi connectivity index (χ0v) is 9.12. The summed E-state index contributed by atoms with van der Waals surface area (Å²) >= 11 is 0. The lowest BCUT2D eigenvalue weighted by molar-refractivity contribution is 0.0254. The molecule has 88 valence electrons. The van der Waals surface area contributed by atoms with E-state index in [4.69, 9.17) is 15.2 Å². The molecule has 1 saturated heterocycles. The van der Waals surface area contributed by atoms with Crippen LogP contribution in [0.3, 0.4) is 0 Å². The van der Waals surface area contributed by atoms with Crippen LogP contribution in [0.2, 0.25) is 0 Å². The Balaban J connectivity index is 2.01. The summed E-state index contributed by atoms with van der Waals surface area (Å²) in [5.41, 5.74) is 5.90. The topological polar surface area (TPSA) is 44.5 Å². The van der Waals surface area contributed by atoms with Crippen LogP contribution >= 0.6 is 0 Å². The molecule has 0 bridgehead atoms. The van der Waals surface area contributed by atoms with Crippen molar-refractivity contribution in [3.8, 4) is 5.75 Å². The van der Waals surface area contributed by atoms with Gasteiger partial charge in [-0.05, 0) is 6.07 Å². The van der Waals surface area contributed by atoms with Crippen LogP contribution in [0.1, 0.15) is 18.4 Å². The van der Waals surface area contributed by atoms with E-state index < -0.39 is 0 Å². The van der Waals surface area contributed by atoms with Crippen molar-refractivity contribution in [3.05, 3.63) is 29.6 Å². The predicted octanol–water partition coefficient (Wildman–Crippen LogP) is 1.84. The molecule has 1 aromatic rings. The Labute approximate surface area is 94.3 Å². The molecule has 0 amide bonds. The molecule has 0 atom stereocenters. The molecule has 1 aliphatic rings. The lowest BCUT2D eigenvalue weighted by Crippen LogP contribution is -2.25. The van der Waals surface area contributed by atoms with Crippen LogP contribution in [-0.4, -0.2) is 19.3 Å². The minimum atomic E-state index is -0.299. The summed E-state index contributed by atoms with van der Waals surface area (Å²) in [5, 5.41) is 0. The Bertz CT molecular complexity index is 351. The van der Waals surface area contributed by atoms with Gasteiger partial charge in [0.2, 0.25) is 0 Å². The number of hydrogen-bond donors (Lipinski definition) is 1. The molecule has 16 heavy (non-hydrogen) atoms. The van der Waals surface area contributed by atoms with E-state index in [1.165, 1.54) is 6.07 Å². The molecule has 4 heteroatoms. The quantitative estimate of drug-likeness (QED) is 0.853. The van der Waals surface area contributed by atoms with Crippen molar-refractivity contribution in [2.24, 2.45) is 5.73 Å². The third kappa shape index (κ3) is 2.71. The standard InChI is InChI=1S/C12H16FNO2/c13-12-7-11(2-1-9(12)8-14)16-10-3-5-15-6-4-10/h1-2,7,10H,3-6,8,14H2. The first kappa shape index (κ1) is 11.4. The molecule has 0 aromatic heterocycles. The van der Waals surface area contributed by atoms with Gasteiger partial charge in [-0.3, -0.25) is 0 Å². The monoisotopic (exact) mass is 225 g/mol. The molecule has 1 heterocycles. The van der Waals surface area contributed by atoms with Crippen molar-refractivity contribution >= 4 is 0 Å². The lowest BCUT2D eigenvalue weighted by Gasteiger charge is -2.23. The number of halogens is 1. The molecule has 0 spiro atoms. The molecule has 2 rings (SSSR count). The van der Waals surface area contributed by atoms with Crippen molar-refractivity contribution in [1.29, 1.82) is 0 Å². The molecule has 1 fully saturated rings. The van der Waals surface area contributed by atoms with Crippen LogP contribution in [0.15, 0.2) is 18.2 Å². The molecule has 1 aliphatic heterocycles. The highest BCUT2D eigenvalue weighted by Gasteiger charge is 2.15. The average molecular weight is 225 g/mol. The third-order valence-corrected chi connectivity index (χ3v) is 2.72. The Morgan fingerprint density at radius 3 is 2.75 bits per heavy atom. The van der Waals surface area contributed by atoms with Gasteiger partial charge in [0.15, 0.2) is 0 Å². The minimum absolute atomic E-state index is 0.136. The van der Waals surface area contributed by atoms with Crippen LogP contribution < -0.4 is 10.5 Å². The first-order chi connectivity index (χ1) is 7.79. The zero-order valence-electron chi connectivity index (χ0n) is 9.12. The Morgan fingerprint density at radius 2 is 2.12 bits per heavy atom. The molecule has 3 nitrogen and oxygen atoms in total. The van der Waals surface area contributed by atoms with Gasteiger partial charge in [0.25, 0.3) is 0 Å². The number of hydrogen-bond acceptors (Lipinski definition) is 3. The van der Waals surface area contributed by atoms with E-state index in [-0.39, 0.29) is 18.5 Å². The van der Waals surface area contributed by atoms with Gasteiger partial charge in [-0.1, -0.05) is 6.07 Å². The number of ether oxygens (including phenoxy) is 2. The zero-order chi connectivity index (χ0) is 11.4. The Kier molecular flexibility index (Phi) is 3.74. The van der Waals surface area contributed by atoms with E-state index in [9.17, 15) is 4.39 Å². The predicted molar refractivity (Wildman–Crippen MR) is 58.8 cm³/mol. The van der Waals surface area contributed by atoms with Gasteiger partial charge >= 0.3 is 0 Å². The number of nitrogens with two attached hydrogens (primary N) is 1. The fourth-order valence-corrected chi connectivity index (χ4v) is 1.75. The van der Waals surface area contributed by atoms with Crippen molar-refractivity contribution in [1.82, 2.24) is 0 Å². The van der Waals surface area contributed by atoms with Crippen molar-refractivity contribution in [2.75, 3.05) is 13.2 Å². The smallest absolute Gasteiger partial charge is 0.131 e. The van der Waals surface area contributed by atoms with Gasteiger partial charge in [-0.15, -0.1) is 0 Å². The Hall–Kier alpha value is -1.13. The van der Waals surface area contributed by atoms with Gasteiger partial charge in [-0.25, -0.2) is 4.39 Å². The molecule has 2 N–H and O–H groups in total. The largest absolute Gasteiger partial charge is 0.490 e. The maximum absolute atomic E-state index is 13.4. The second kappa shape index (κ2) is 5.27. The van der Waals surface area contributed by atoms with E-state index in [0.717, 1.165) is 12.8 Å². The fraction of sp³-hybridized carbons (Fsp3) is 0.500. The summed E-state index contributed by atoms with van der Waals surface area (Å²) in [4.78, 5) is 0. The van der Waals surface area contributed by atoms with Crippen LogP contribution in [-0.2, 0) is 11.3 Å². The highest BCUT2D eigenvalue weighted by molar-refractivity contribution is 5.29. The molecule has 0 saturated carbocycles. The maximum atomic E-state index is 13.4. The molecule has 0 radical (unpaired) electrons. The van der Waals surface area contributed by atoms with E-state index in [1.807, 2.05) is 0 Å². The second-order valence-corrected chi connectivity index (χ2v) is 3.89. The third-order valence-electron chi connectivity index (χ3n) is 2.72. The number of benzene rings is 1.